The first-order chi connectivity index (χ1) is 9.08. The Balaban J connectivity index is 2.09. The minimum atomic E-state index is -0.328. The first-order valence-electron chi connectivity index (χ1n) is 5.22. The Morgan fingerprint density at radius 3 is 2.89 bits per heavy atom. The van der Waals surface area contributed by atoms with Crippen LogP contribution < -0.4 is 5.43 Å². The van der Waals surface area contributed by atoms with Crippen LogP contribution in [-0.2, 0) is 0 Å². The molecule has 5 nitrogen and oxygen atoms in total. The number of H-pyrrole nitrogens is 1. The third-order valence-corrected chi connectivity index (χ3v) is 3.35. The van der Waals surface area contributed by atoms with Crippen molar-refractivity contribution < 1.29 is 9.90 Å². The molecule has 0 radical (unpaired) electrons. The highest BCUT2D eigenvalue weighted by atomic mass is 79.9. The Kier molecular flexibility index (Phi) is 4.39. The van der Waals surface area contributed by atoms with E-state index < -0.39 is 0 Å². The molecule has 19 heavy (non-hydrogen) atoms. The van der Waals surface area contributed by atoms with Crippen LogP contribution in [-0.4, -0.2) is 22.2 Å². The maximum absolute atomic E-state index is 11.6. The SMILES string of the molecule is O=C(N/N=C/c1cc(Br)cc(Br)c1O)c1cc[nH]c1. The van der Waals surface area contributed by atoms with Gasteiger partial charge in [-0.25, -0.2) is 5.43 Å². The van der Waals surface area contributed by atoms with Gasteiger partial charge in [0.25, 0.3) is 5.91 Å². The lowest BCUT2D eigenvalue weighted by Gasteiger charge is -2.02. The third-order valence-electron chi connectivity index (χ3n) is 2.29. The summed E-state index contributed by atoms with van der Waals surface area (Å²) in [5, 5.41) is 13.6. The van der Waals surface area contributed by atoms with E-state index in [9.17, 15) is 9.90 Å². The van der Waals surface area contributed by atoms with Crippen molar-refractivity contribution in [2.45, 2.75) is 0 Å². The van der Waals surface area contributed by atoms with Crippen LogP contribution in [0.25, 0.3) is 0 Å². The van der Waals surface area contributed by atoms with Crippen molar-refractivity contribution in [2.75, 3.05) is 0 Å². The predicted molar refractivity (Wildman–Crippen MR) is 79.4 cm³/mol. The smallest absolute Gasteiger partial charge is 0.272 e. The number of phenolic OH excluding ortho intramolecular Hbond substituents is 1. The largest absolute Gasteiger partial charge is 0.506 e. The van der Waals surface area contributed by atoms with E-state index in [0.29, 0.717) is 15.6 Å². The normalized spacial score (nSPS) is 10.8. The lowest BCUT2D eigenvalue weighted by atomic mass is 10.2. The Morgan fingerprint density at radius 2 is 2.21 bits per heavy atom. The Bertz CT molecular complexity index is 624. The summed E-state index contributed by atoms with van der Waals surface area (Å²) in [6.07, 6.45) is 4.59. The van der Waals surface area contributed by atoms with Crippen molar-refractivity contribution in [3.8, 4) is 5.75 Å². The topological polar surface area (TPSA) is 77.5 Å². The molecular weight excluding hydrogens is 378 g/mol. The molecule has 98 valence electrons. The number of phenols is 1. The lowest BCUT2D eigenvalue weighted by molar-refractivity contribution is 0.0955. The zero-order chi connectivity index (χ0) is 13.8. The van der Waals surface area contributed by atoms with Crippen molar-refractivity contribution in [2.24, 2.45) is 5.10 Å². The number of hydrazone groups is 1. The Labute approximate surface area is 126 Å². The standard InChI is InChI=1S/C12H9Br2N3O2/c13-9-3-8(11(18)10(14)4-9)6-16-17-12(19)7-1-2-15-5-7/h1-6,15,18H,(H,17,19)/b16-6+. The van der Waals surface area contributed by atoms with Crippen molar-refractivity contribution in [1.29, 1.82) is 0 Å². The van der Waals surface area contributed by atoms with Crippen LogP contribution in [0.2, 0.25) is 0 Å². The van der Waals surface area contributed by atoms with Gasteiger partial charge in [-0.2, -0.15) is 5.10 Å². The van der Waals surface area contributed by atoms with Crippen LogP contribution in [0.4, 0.5) is 0 Å². The lowest BCUT2D eigenvalue weighted by Crippen LogP contribution is -2.16. The monoisotopic (exact) mass is 385 g/mol. The number of rotatable bonds is 3. The fourth-order valence-electron chi connectivity index (χ4n) is 1.37. The van der Waals surface area contributed by atoms with Crippen molar-refractivity contribution >= 4 is 44.0 Å². The molecule has 2 aromatic rings. The second-order valence-electron chi connectivity index (χ2n) is 3.62. The summed E-state index contributed by atoms with van der Waals surface area (Å²) in [5.74, 6) is -0.270. The molecule has 3 N–H and O–H groups in total. The second kappa shape index (κ2) is 6.03. The van der Waals surface area contributed by atoms with Crippen molar-refractivity contribution in [1.82, 2.24) is 10.4 Å². The zero-order valence-corrected chi connectivity index (χ0v) is 12.7. The number of aromatic nitrogens is 1. The summed E-state index contributed by atoms with van der Waals surface area (Å²) in [7, 11) is 0. The number of halogens is 2. The molecule has 2 rings (SSSR count). The number of aromatic amines is 1. The number of carbonyl (C=O) groups excluding carboxylic acids is 1. The van der Waals surface area contributed by atoms with Gasteiger partial charge in [-0.1, -0.05) is 15.9 Å². The zero-order valence-electron chi connectivity index (χ0n) is 9.52. The van der Waals surface area contributed by atoms with Crippen LogP contribution in [0.15, 0.2) is 44.6 Å². The van der Waals surface area contributed by atoms with E-state index in [4.69, 9.17) is 0 Å². The van der Waals surface area contributed by atoms with Crippen LogP contribution in [0, 0.1) is 0 Å². The van der Waals surface area contributed by atoms with E-state index in [1.54, 1.807) is 30.6 Å². The molecule has 0 saturated carbocycles. The molecule has 1 aromatic heterocycles. The van der Waals surface area contributed by atoms with Gasteiger partial charge in [0, 0.05) is 22.4 Å². The predicted octanol–water partition coefficient (Wildman–Crippen LogP) is 3.01. The van der Waals surface area contributed by atoms with Gasteiger partial charge < -0.3 is 10.1 Å². The second-order valence-corrected chi connectivity index (χ2v) is 5.39. The highest BCUT2D eigenvalue weighted by Crippen LogP contribution is 2.30. The van der Waals surface area contributed by atoms with Gasteiger partial charge in [-0.05, 0) is 34.1 Å². The van der Waals surface area contributed by atoms with E-state index in [0.717, 1.165) is 4.47 Å². The van der Waals surface area contributed by atoms with Gasteiger partial charge in [-0.15, -0.1) is 0 Å². The molecule has 0 aliphatic carbocycles. The van der Waals surface area contributed by atoms with Gasteiger partial charge in [0.05, 0.1) is 16.3 Å². The fraction of sp³-hybridized carbons (Fsp3) is 0. The van der Waals surface area contributed by atoms with E-state index in [1.165, 1.54) is 6.21 Å². The third kappa shape index (κ3) is 3.45. The molecule has 7 heteroatoms. The Hall–Kier alpha value is -1.60. The minimum absolute atomic E-state index is 0.0582. The molecule has 1 aromatic carbocycles. The fourth-order valence-corrected chi connectivity index (χ4v) is 2.63. The van der Waals surface area contributed by atoms with E-state index in [-0.39, 0.29) is 11.7 Å². The van der Waals surface area contributed by atoms with Crippen LogP contribution in [0.5, 0.6) is 5.75 Å². The summed E-state index contributed by atoms with van der Waals surface area (Å²) >= 11 is 6.52. The molecule has 1 amide bonds. The number of nitrogens with zero attached hydrogens (tertiary/aromatic N) is 1. The van der Waals surface area contributed by atoms with Gasteiger partial charge in [-0.3, -0.25) is 4.79 Å². The molecule has 0 fully saturated rings. The average Bonchev–Trinajstić information content (AvgIpc) is 2.88. The quantitative estimate of drug-likeness (QED) is 0.560. The number of amides is 1. The van der Waals surface area contributed by atoms with Gasteiger partial charge in [0.15, 0.2) is 0 Å². The van der Waals surface area contributed by atoms with Crippen LogP contribution in [0.1, 0.15) is 15.9 Å². The number of hydrogen-bond acceptors (Lipinski definition) is 3. The molecule has 0 aliphatic rings. The van der Waals surface area contributed by atoms with E-state index >= 15 is 0 Å². The number of nitrogens with one attached hydrogen (secondary N) is 2. The summed E-state index contributed by atoms with van der Waals surface area (Å²) in [6.45, 7) is 0. The van der Waals surface area contributed by atoms with E-state index in [1.807, 2.05) is 0 Å². The molecule has 0 spiro atoms. The van der Waals surface area contributed by atoms with Crippen LogP contribution >= 0.6 is 31.9 Å². The van der Waals surface area contributed by atoms with Crippen molar-refractivity contribution in [3.05, 3.63) is 50.7 Å². The molecular formula is C12H9Br2N3O2. The highest BCUT2D eigenvalue weighted by molar-refractivity contribution is 9.11. The molecule has 0 bridgehead atoms. The summed E-state index contributed by atoms with van der Waals surface area (Å²) in [4.78, 5) is 14.4. The number of benzene rings is 1. The highest BCUT2D eigenvalue weighted by Gasteiger charge is 2.06. The molecule has 0 aliphatic heterocycles. The average molecular weight is 387 g/mol. The van der Waals surface area contributed by atoms with Crippen LogP contribution in [0.3, 0.4) is 0 Å². The summed E-state index contributed by atoms with van der Waals surface area (Å²) < 4.78 is 1.33. The number of aromatic hydroxyl groups is 1. The molecule has 1 heterocycles. The maximum atomic E-state index is 11.6. The number of hydrogen-bond donors (Lipinski definition) is 3. The van der Waals surface area contributed by atoms with Gasteiger partial charge in [0.1, 0.15) is 5.75 Å². The maximum Gasteiger partial charge on any atom is 0.272 e. The molecule has 0 atom stereocenters. The summed E-state index contributed by atoms with van der Waals surface area (Å²) in [6, 6.07) is 5.04. The minimum Gasteiger partial charge on any atom is -0.506 e. The first-order valence-corrected chi connectivity index (χ1v) is 6.80. The number of carbonyl (C=O) groups is 1. The first kappa shape index (κ1) is 13.8. The van der Waals surface area contributed by atoms with Crippen molar-refractivity contribution in [3.63, 3.8) is 0 Å². The van der Waals surface area contributed by atoms with Gasteiger partial charge >= 0.3 is 0 Å². The van der Waals surface area contributed by atoms with Gasteiger partial charge in [0.2, 0.25) is 0 Å². The molecule has 0 unspecified atom stereocenters. The Morgan fingerprint density at radius 1 is 1.42 bits per heavy atom. The molecule has 0 saturated heterocycles. The van der Waals surface area contributed by atoms with E-state index in [2.05, 4.69) is 47.4 Å². The summed E-state index contributed by atoms with van der Waals surface area (Å²) in [5.41, 5.74) is 3.33.